The summed E-state index contributed by atoms with van der Waals surface area (Å²) in [5, 5.41) is 17.6. The van der Waals surface area contributed by atoms with Gasteiger partial charge in [0, 0.05) is 47.6 Å². The van der Waals surface area contributed by atoms with Crippen LogP contribution in [0.25, 0.3) is 75.9 Å². The van der Waals surface area contributed by atoms with Gasteiger partial charge in [0.1, 0.15) is 5.58 Å². The smallest absolute Gasteiger partial charge is 0.159 e. The lowest BCUT2D eigenvalue weighted by molar-refractivity contribution is 0.203. The molecule has 2 unspecified atom stereocenters. The van der Waals surface area contributed by atoms with Gasteiger partial charge in [-0.05, 0) is 77.1 Å². The number of allylic oxidation sites excluding steroid dienone is 1. The van der Waals surface area contributed by atoms with Crippen LogP contribution in [0.1, 0.15) is 52.9 Å². The lowest BCUT2D eigenvalue weighted by Crippen LogP contribution is -2.54. The standard InChI is InChI=1S/C51H38N4OS/c1-3-13-31(14-4-1)49-52-50(32-15-5-2-6-16-32)54-51(53-49)34-26-28-46-41(30-34)39-21-11-19-35(48(39)57-46)33-25-27-45-40(29-33)38-20-12-24-44(47(38)56-45)55-42-22-9-7-17-36(42)37-18-8-10-23-43(37)55/h1-9,11-22,24-30,49-54H,10,23H2. The Kier molecular flexibility index (Phi) is 7.60. The summed E-state index contributed by atoms with van der Waals surface area (Å²) in [4.78, 5) is 0. The zero-order chi connectivity index (χ0) is 37.5. The van der Waals surface area contributed by atoms with Gasteiger partial charge < -0.3 is 8.98 Å². The molecule has 57 heavy (non-hydrogen) atoms. The van der Waals surface area contributed by atoms with Crippen molar-refractivity contribution in [3.8, 4) is 16.8 Å². The Morgan fingerprint density at radius 3 is 2.07 bits per heavy atom. The van der Waals surface area contributed by atoms with Crippen LogP contribution in [-0.4, -0.2) is 4.57 Å². The van der Waals surface area contributed by atoms with E-state index < -0.39 is 0 Å². The molecule has 3 N–H and O–H groups in total. The number of para-hydroxylation sites is 2. The van der Waals surface area contributed by atoms with Crippen molar-refractivity contribution < 1.29 is 4.42 Å². The fourth-order valence-corrected chi connectivity index (χ4v) is 10.5. The van der Waals surface area contributed by atoms with Crippen LogP contribution < -0.4 is 16.0 Å². The molecule has 0 bridgehead atoms. The number of thiophene rings is 1. The number of nitrogens with one attached hydrogen (secondary N) is 3. The minimum atomic E-state index is -0.0580. The van der Waals surface area contributed by atoms with Crippen LogP contribution in [0.15, 0.2) is 168 Å². The molecule has 0 amide bonds. The molecule has 1 fully saturated rings. The summed E-state index contributed by atoms with van der Waals surface area (Å²) in [6.45, 7) is 0. The largest absolute Gasteiger partial charge is 0.454 e. The molecule has 274 valence electrons. The van der Waals surface area contributed by atoms with Gasteiger partial charge in [0.2, 0.25) is 0 Å². The number of rotatable bonds is 5. The molecule has 2 atom stereocenters. The van der Waals surface area contributed by atoms with E-state index in [9.17, 15) is 0 Å². The second-order valence-corrected chi connectivity index (χ2v) is 16.3. The maximum atomic E-state index is 6.76. The van der Waals surface area contributed by atoms with Crippen LogP contribution in [-0.2, 0) is 6.42 Å². The molecule has 10 aromatic rings. The van der Waals surface area contributed by atoms with E-state index >= 15 is 0 Å². The topological polar surface area (TPSA) is 54.2 Å². The van der Waals surface area contributed by atoms with E-state index in [2.05, 4.69) is 190 Å². The average Bonchev–Trinajstić information content (AvgIpc) is 3.96. The number of nitrogens with zero attached hydrogens (tertiary/aromatic N) is 1. The van der Waals surface area contributed by atoms with Crippen molar-refractivity contribution in [3.05, 3.63) is 192 Å². The predicted molar refractivity (Wildman–Crippen MR) is 237 cm³/mol. The van der Waals surface area contributed by atoms with Crippen LogP contribution in [0, 0.1) is 0 Å². The molecule has 3 aromatic heterocycles. The van der Waals surface area contributed by atoms with E-state index in [1.165, 1.54) is 70.1 Å². The molecular weight excluding hydrogens is 717 g/mol. The first-order valence-electron chi connectivity index (χ1n) is 19.8. The number of hydrogen-bond acceptors (Lipinski definition) is 5. The summed E-state index contributed by atoms with van der Waals surface area (Å²) in [5.41, 5.74) is 12.9. The normalized spacial score (nSPS) is 18.3. The van der Waals surface area contributed by atoms with E-state index in [0.29, 0.717) is 0 Å². The van der Waals surface area contributed by atoms with Gasteiger partial charge in [0.15, 0.2) is 5.58 Å². The van der Waals surface area contributed by atoms with E-state index in [4.69, 9.17) is 4.42 Å². The van der Waals surface area contributed by atoms with E-state index in [0.717, 1.165) is 40.5 Å². The number of hydrogen-bond donors (Lipinski definition) is 3. The van der Waals surface area contributed by atoms with Gasteiger partial charge in [-0.2, -0.15) is 0 Å². The third-order valence-electron chi connectivity index (χ3n) is 12.0. The lowest BCUT2D eigenvalue weighted by atomic mass is 9.99. The fraction of sp³-hybridized carbons (Fsp3) is 0.0980. The monoisotopic (exact) mass is 754 g/mol. The van der Waals surface area contributed by atoms with Gasteiger partial charge in [-0.15, -0.1) is 11.3 Å². The van der Waals surface area contributed by atoms with Gasteiger partial charge in [-0.1, -0.05) is 133 Å². The summed E-state index contributed by atoms with van der Waals surface area (Å²) in [6.07, 6.45) is 6.56. The van der Waals surface area contributed by atoms with Crippen LogP contribution in [0.3, 0.4) is 0 Å². The highest BCUT2D eigenvalue weighted by atomic mass is 32.1. The molecule has 4 heterocycles. The summed E-state index contributed by atoms with van der Waals surface area (Å²) in [7, 11) is 0. The SMILES string of the molecule is C1=Cc2c(n(-c3cccc4c3oc3ccc(-c5cccc6c5sc5ccc(C7NC(c8ccccc8)NC(c8ccccc8)N7)cc56)cc34)c3ccccc23)CC1. The van der Waals surface area contributed by atoms with Gasteiger partial charge in [0.05, 0.1) is 29.7 Å². The molecule has 1 aliphatic heterocycles. The molecule has 12 rings (SSSR count). The zero-order valence-corrected chi connectivity index (χ0v) is 31.9. The summed E-state index contributed by atoms with van der Waals surface area (Å²) in [5.74, 6) is 0. The maximum absolute atomic E-state index is 6.76. The second kappa shape index (κ2) is 13.2. The molecule has 0 radical (unpaired) electrons. The summed E-state index contributed by atoms with van der Waals surface area (Å²) >= 11 is 1.87. The highest BCUT2D eigenvalue weighted by Crippen LogP contribution is 2.44. The molecule has 1 saturated heterocycles. The Balaban J connectivity index is 0.944. The predicted octanol–water partition coefficient (Wildman–Crippen LogP) is 12.7. The van der Waals surface area contributed by atoms with E-state index in [1.54, 1.807) is 0 Å². The molecule has 7 aromatic carbocycles. The molecule has 1 aliphatic carbocycles. The quantitative estimate of drug-likeness (QED) is 0.164. The average molecular weight is 755 g/mol. The van der Waals surface area contributed by atoms with Gasteiger partial charge in [-0.3, -0.25) is 16.0 Å². The number of benzene rings is 7. The first-order valence-corrected chi connectivity index (χ1v) is 20.6. The Morgan fingerprint density at radius 2 is 1.26 bits per heavy atom. The fourth-order valence-electron chi connectivity index (χ4n) is 9.31. The molecule has 2 aliphatic rings. The molecule has 0 spiro atoms. The minimum Gasteiger partial charge on any atom is -0.454 e. The van der Waals surface area contributed by atoms with Gasteiger partial charge in [0.25, 0.3) is 0 Å². The maximum Gasteiger partial charge on any atom is 0.159 e. The summed E-state index contributed by atoms with van der Waals surface area (Å²) < 4.78 is 11.8. The first-order chi connectivity index (χ1) is 28.2. The van der Waals surface area contributed by atoms with Crippen LogP contribution in [0.4, 0.5) is 0 Å². The number of fused-ring (bicyclic) bond motifs is 9. The number of aromatic nitrogens is 1. The van der Waals surface area contributed by atoms with Crippen molar-refractivity contribution in [2.75, 3.05) is 0 Å². The van der Waals surface area contributed by atoms with Crippen molar-refractivity contribution in [1.82, 2.24) is 20.5 Å². The third kappa shape index (κ3) is 5.33. The Bertz CT molecular complexity index is 3150. The minimum absolute atomic E-state index is 0.0145. The molecule has 0 saturated carbocycles. The van der Waals surface area contributed by atoms with Crippen LogP contribution in [0.5, 0.6) is 0 Å². The number of furan rings is 1. The first kappa shape index (κ1) is 32.9. The lowest BCUT2D eigenvalue weighted by Gasteiger charge is -2.39. The highest BCUT2D eigenvalue weighted by molar-refractivity contribution is 7.26. The van der Waals surface area contributed by atoms with Gasteiger partial charge in [-0.25, -0.2) is 0 Å². The van der Waals surface area contributed by atoms with E-state index in [1.807, 2.05) is 11.3 Å². The van der Waals surface area contributed by atoms with Crippen molar-refractivity contribution in [2.24, 2.45) is 0 Å². The van der Waals surface area contributed by atoms with Crippen molar-refractivity contribution in [2.45, 2.75) is 31.3 Å². The molecule has 6 heteroatoms. The van der Waals surface area contributed by atoms with E-state index in [-0.39, 0.29) is 18.5 Å². The Labute approximate surface area is 333 Å². The van der Waals surface area contributed by atoms with Crippen LogP contribution >= 0.6 is 11.3 Å². The molecular formula is C51H38N4OS. The Morgan fingerprint density at radius 1 is 0.561 bits per heavy atom. The second-order valence-electron chi connectivity index (χ2n) is 15.3. The van der Waals surface area contributed by atoms with Crippen molar-refractivity contribution >= 4 is 70.4 Å². The van der Waals surface area contributed by atoms with Crippen molar-refractivity contribution in [1.29, 1.82) is 0 Å². The zero-order valence-electron chi connectivity index (χ0n) is 31.1. The van der Waals surface area contributed by atoms with Gasteiger partial charge >= 0.3 is 0 Å². The summed E-state index contributed by atoms with van der Waals surface area (Å²) in [6, 6.07) is 57.1. The molecule has 5 nitrogen and oxygen atoms in total. The Hall–Kier alpha value is -6.28. The van der Waals surface area contributed by atoms with Crippen LogP contribution in [0.2, 0.25) is 0 Å². The van der Waals surface area contributed by atoms with Crippen molar-refractivity contribution in [3.63, 3.8) is 0 Å². The highest BCUT2D eigenvalue weighted by Gasteiger charge is 2.30. The third-order valence-corrected chi connectivity index (χ3v) is 13.2.